The molecule has 0 saturated carbocycles. The van der Waals surface area contributed by atoms with E-state index in [1.165, 1.54) is 0 Å². The van der Waals surface area contributed by atoms with Crippen LogP contribution < -0.4 is 20.3 Å². The van der Waals surface area contributed by atoms with Gasteiger partial charge in [-0.15, -0.1) is 0 Å². The standard InChI is InChI=1S/C22H23N7O2/c1-22(2)8-13-6-16(27-21(30)15(9-23)20-24-4-3-5-25-20)18(7-19(13)31-22)29-11-14-10-26-28-17(14)12-29/h3-7,9-10,23-24H,8,11-12H2,1-2H3,(H,26,28)(H,27,30)/b20-15-,23-9?. The van der Waals surface area contributed by atoms with Crippen molar-refractivity contribution in [3.8, 4) is 5.75 Å². The highest BCUT2D eigenvalue weighted by molar-refractivity contribution is 6.18. The molecule has 0 fully saturated rings. The van der Waals surface area contributed by atoms with E-state index in [0.717, 1.165) is 40.9 Å². The molecule has 1 amide bonds. The van der Waals surface area contributed by atoms with Crippen molar-refractivity contribution >= 4 is 29.7 Å². The van der Waals surface area contributed by atoms with Crippen LogP contribution in [0.15, 0.2) is 47.0 Å². The van der Waals surface area contributed by atoms with E-state index in [4.69, 9.17) is 10.1 Å². The molecule has 9 heteroatoms. The van der Waals surface area contributed by atoms with Crippen LogP contribution in [0.5, 0.6) is 5.75 Å². The highest BCUT2D eigenvalue weighted by Gasteiger charge is 2.33. The fourth-order valence-electron chi connectivity index (χ4n) is 4.14. The zero-order chi connectivity index (χ0) is 21.6. The fraction of sp³-hybridized carbons (Fsp3) is 0.273. The lowest BCUT2D eigenvalue weighted by Gasteiger charge is -2.23. The number of aromatic nitrogens is 2. The van der Waals surface area contributed by atoms with Gasteiger partial charge in [0.1, 0.15) is 17.2 Å². The van der Waals surface area contributed by atoms with Crippen molar-refractivity contribution in [2.45, 2.75) is 39.0 Å². The topological polar surface area (TPSA) is 118 Å². The SMILES string of the molecule is CC1(C)Cc2cc(NC(=O)/C(C=N)=C3\N=CC=CN3)c(N3Cc4cn[nH]c4C3)cc2O1. The molecule has 31 heavy (non-hydrogen) atoms. The number of nitrogens with zero attached hydrogens (tertiary/aromatic N) is 3. The number of ether oxygens (including phenoxy) is 1. The number of anilines is 2. The van der Waals surface area contributed by atoms with Crippen LogP contribution in [0.3, 0.4) is 0 Å². The predicted molar refractivity (Wildman–Crippen MR) is 119 cm³/mol. The number of aliphatic imine (C=N–C) groups is 1. The van der Waals surface area contributed by atoms with Gasteiger partial charge in [0, 0.05) is 48.8 Å². The average molecular weight is 417 g/mol. The Kier molecular flexibility index (Phi) is 4.39. The number of hydrogen-bond acceptors (Lipinski definition) is 7. The predicted octanol–water partition coefficient (Wildman–Crippen LogP) is 2.63. The molecule has 0 spiro atoms. The summed E-state index contributed by atoms with van der Waals surface area (Å²) in [5, 5.41) is 20.8. The second kappa shape index (κ2) is 7.12. The second-order valence-corrected chi connectivity index (χ2v) is 8.39. The van der Waals surface area contributed by atoms with Gasteiger partial charge >= 0.3 is 0 Å². The van der Waals surface area contributed by atoms with E-state index in [-0.39, 0.29) is 11.2 Å². The third-order valence-corrected chi connectivity index (χ3v) is 5.54. The number of rotatable bonds is 4. The Morgan fingerprint density at radius 2 is 2.19 bits per heavy atom. The number of H-pyrrole nitrogens is 1. The Labute approximate surface area is 179 Å². The van der Waals surface area contributed by atoms with Crippen LogP contribution >= 0.6 is 0 Å². The number of nitrogens with one attached hydrogen (secondary N) is 4. The van der Waals surface area contributed by atoms with Crippen LogP contribution in [0.1, 0.15) is 30.7 Å². The highest BCUT2D eigenvalue weighted by atomic mass is 16.5. The summed E-state index contributed by atoms with van der Waals surface area (Å²) in [6, 6.07) is 3.97. The molecular formula is C22H23N7O2. The number of carbonyl (C=O) groups is 1. The molecule has 158 valence electrons. The van der Waals surface area contributed by atoms with Gasteiger partial charge in [-0.05, 0) is 26.0 Å². The van der Waals surface area contributed by atoms with E-state index in [1.54, 1.807) is 18.5 Å². The van der Waals surface area contributed by atoms with Crippen molar-refractivity contribution in [3.05, 3.63) is 58.8 Å². The summed E-state index contributed by atoms with van der Waals surface area (Å²) in [6.07, 6.45) is 8.57. The maximum absolute atomic E-state index is 13.1. The first-order valence-corrected chi connectivity index (χ1v) is 10.1. The van der Waals surface area contributed by atoms with E-state index in [2.05, 4.69) is 44.6 Å². The Balaban J connectivity index is 1.51. The first-order chi connectivity index (χ1) is 14.9. The van der Waals surface area contributed by atoms with Crippen LogP contribution in [0, 0.1) is 5.41 Å². The van der Waals surface area contributed by atoms with Crippen molar-refractivity contribution in [1.82, 2.24) is 15.5 Å². The first-order valence-electron chi connectivity index (χ1n) is 10.1. The Hall–Kier alpha value is -3.88. The molecule has 0 atom stereocenters. The summed E-state index contributed by atoms with van der Waals surface area (Å²) < 4.78 is 6.14. The molecule has 0 saturated heterocycles. The summed E-state index contributed by atoms with van der Waals surface area (Å²) in [4.78, 5) is 19.4. The van der Waals surface area contributed by atoms with Gasteiger partial charge in [0.2, 0.25) is 0 Å². The molecule has 3 aliphatic rings. The van der Waals surface area contributed by atoms with Gasteiger partial charge < -0.3 is 25.7 Å². The van der Waals surface area contributed by atoms with E-state index >= 15 is 0 Å². The first kappa shape index (κ1) is 19.1. The van der Waals surface area contributed by atoms with E-state index in [9.17, 15) is 4.79 Å². The lowest BCUT2D eigenvalue weighted by atomic mass is 10.0. The number of fused-ring (bicyclic) bond motifs is 2. The number of carbonyl (C=O) groups excluding carboxylic acids is 1. The van der Waals surface area contributed by atoms with Crippen molar-refractivity contribution in [3.63, 3.8) is 0 Å². The maximum atomic E-state index is 13.1. The summed E-state index contributed by atoms with van der Waals surface area (Å²) in [6.45, 7) is 5.45. The van der Waals surface area contributed by atoms with Gasteiger partial charge in [0.25, 0.3) is 5.91 Å². The van der Waals surface area contributed by atoms with Gasteiger partial charge in [-0.2, -0.15) is 5.10 Å². The maximum Gasteiger partial charge on any atom is 0.261 e. The number of allylic oxidation sites excluding steroid dienone is 1. The molecule has 4 N–H and O–H groups in total. The van der Waals surface area contributed by atoms with E-state index in [0.29, 0.717) is 24.6 Å². The van der Waals surface area contributed by atoms with Crippen molar-refractivity contribution in [1.29, 1.82) is 5.41 Å². The molecule has 5 rings (SSSR count). The summed E-state index contributed by atoms with van der Waals surface area (Å²) in [7, 11) is 0. The molecule has 1 aromatic heterocycles. The number of hydrogen-bond donors (Lipinski definition) is 4. The molecule has 4 heterocycles. The molecule has 0 aliphatic carbocycles. The minimum absolute atomic E-state index is 0.152. The van der Waals surface area contributed by atoms with E-state index in [1.807, 2.05) is 18.3 Å². The fourth-order valence-corrected chi connectivity index (χ4v) is 4.14. The summed E-state index contributed by atoms with van der Waals surface area (Å²) in [5.41, 5.74) is 4.64. The normalized spacial score (nSPS) is 19.4. The molecule has 3 aliphatic heterocycles. The molecule has 1 aromatic carbocycles. The van der Waals surface area contributed by atoms with Crippen LogP contribution in [0.2, 0.25) is 0 Å². The van der Waals surface area contributed by atoms with Crippen LogP contribution in [-0.2, 0) is 24.3 Å². The largest absolute Gasteiger partial charge is 0.487 e. The number of amides is 1. The van der Waals surface area contributed by atoms with Gasteiger partial charge in [-0.25, -0.2) is 4.99 Å². The number of benzene rings is 1. The second-order valence-electron chi connectivity index (χ2n) is 8.39. The molecule has 9 nitrogen and oxygen atoms in total. The number of aromatic amines is 1. The lowest BCUT2D eigenvalue weighted by Crippen LogP contribution is -2.24. The van der Waals surface area contributed by atoms with E-state index < -0.39 is 5.91 Å². The minimum atomic E-state index is -0.399. The monoisotopic (exact) mass is 417 g/mol. The third kappa shape index (κ3) is 3.48. The highest BCUT2D eigenvalue weighted by Crippen LogP contribution is 2.43. The molecular weight excluding hydrogens is 394 g/mol. The zero-order valence-corrected chi connectivity index (χ0v) is 17.3. The van der Waals surface area contributed by atoms with Gasteiger partial charge in [0.05, 0.1) is 35.4 Å². The third-order valence-electron chi connectivity index (χ3n) is 5.54. The van der Waals surface area contributed by atoms with Crippen LogP contribution in [-0.4, -0.2) is 34.1 Å². The van der Waals surface area contributed by atoms with Crippen molar-refractivity contribution < 1.29 is 9.53 Å². The Bertz CT molecular complexity index is 1150. The molecule has 0 radical (unpaired) electrons. The Morgan fingerprint density at radius 1 is 1.32 bits per heavy atom. The van der Waals surface area contributed by atoms with Gasteiger partial charge in [-0.3, -0.25) is 9.89 Å². The Morgan fingerprint density at radius 3 is 2.94 bits per heavy atom. The smallest absolute Gasteiger partial charge is 0.261 e. The van der Waals surface area contributed by atoms with Crippen molar-refractivity contribution in [2.75, 3.05) is 10.2 Å². The summed E-state index contributed by atoms with van der Waals surface area (Å²) in [5.74, 6) is 0.772. The molecule has 0 bridgehead atoms. The van der Waals surface area contributed by atoms with Gasteiger partial charge in [-0.1, -0.05) is 0 Å². The average Bonchev–Trinajstić information content (AvgIpc) is 3.40. The quantitative estimate of drug-likeness (QED) is 0.451. The van der Waals surface area contributed by atoms with Gasteiger partial charge in [0.15, 0.2) is 0 Å². The summed E-state index contributed by atoms with van der Waals surface area (Å²) >= 11 is 0. The van der Waals surface area contributed by atoms with Crippen LogP contribution in [0.25, 0.3) is 0 Å². The lowest BCUT2D eigenvalue weighted by molar-refractivity contribution is -0.112. The van der Waals surface area contributed by atoms with Crippen LogP contribution in [0.4, 0.5) is 11.4 Å². The molecule has 0 unspecified atom stereocenters. The molecule has 2 aromatic rings. The minimum Gasteiger partial charge on any atom is -0.487 e. The zero-order valence-electron chi connectivity index (χ0n) is 17.3. The van der Waals surface area contributed by atoms with Crippen molar-refractivity contribution in [2.24, 2.45) is 4.99 Å².